The monoisotopic (exact) mass is 308 g/mol. The van der Waals surface area contributed by atoms with E-state index in [1.807, 2.05) is 23.9 Å². The molecule has 1 aliphatic heterocycles. The molecule has 0 amide bonds. The Balaban J connectivity index is 1.43. The highest BCUT2D eigenvalue weighted by Gasteiger charge is 2.30. The third kappa shape index (κ3) is 4.97. The Labute approximate surface area is 131 Å². The standard InChI is InChI=1S/C17H25FN2S/c18-15-3-7-17(8-4-15)21-11-10-20(16-5-6-16)13-14-2-1-9-19-12-14/h3-4,7-8,14,16,19H,1-2,5-6,9-13H2. The maximum Gasteiger partial charge on any atom is 0.123 e. The van der Waals surface area contributed by atoms with E-state index in [2.05, 4.69) is 10.2 Å². The first-order valence-corrected chi connectivity index (χ1v) is 9.13. The summed E-state index contributed by atoms with van der Waals surface area (Å²) in [6.45, 7) is 4.79. The summed E-state index contributed by atoms with van der Waals surface area (Å²) in [7, 11) is 0. The van der Waals surface area contributed by atoms with E-state index in [1.165, 1.54) is 50.2 Å². The van der Waals surface area contributed by atoms with Crippen molar-refractivity contribution >= 4 is 11.8 Å². The van der Waals surface area contributed by atoms with Crippen molar-refractivity contribution in [2.24, 2.45) is 5.92 Å². The lowest BCUT2D eigenvalue weighted by Crippen LogP contribution is -2.40. The van der Waals surface area contributed by atoms with E-state index >= 15 is 0 Å². The Morgan fingerprint density at radius 3 is 2.67 bits per heavy atom. The molecule has 1 aromatic rings. The highest BCUT2D eigenvalue weighted by molar-refractivity contribution is 7.99. The molecule has 1 atom stereocenters. The van der Waals surface area contributed by atoms with Crippen LogP contribution in [0.3, 0.4) is 0 Å². The van der Waals surface area contributed by atoms with Gasteiger partial charge in [0.2, 0.25) is 0 Å². The van der Waals surface area contributed by atoms with Gasteiger partial charge in [-0.25, -0.2) is 4.39 Å². The molecule has 2 aliphatic rings. The zero-order valence-electron chi connectivity index (χ0n) is 12.6. The molecular weight excluding hydrogens is 283 g/mol. The fourth-order valence-corrected chi connectivity index (χ4v) is 3.98. The van der Waals surface area contributed by atoms with Gasteiger partial charge in [-0.1, -0.05) is 0 Å². The molecule has 3 rings (SSSR count). The van der Waals surface area contributed by atoms with Crippen molar-refractivity contribution in [3.05, 3.63) is 30.1 Å². The highest BCUT2D eigenvalue weighted by atomic mass is 32.2. The van der Waals surface area contributed by atoms with Gasteiger partial charge in [-0.2, -0.15) is 0 Å². The van der Waals surface area contributed by atoms with Crippen LogP contribution in [-0.2, 0) is 0 Å². The molecule has 1 aliphatic carbocycles. The smallest absolute Gasteiger partial charge is 0.123 e. The lowest BCUT2D eigenvalue weighted by Gasteiger charge is -2.30. The number of thioether (sulfide) groups is 1. The first-order valence-electron chi connectivity index (χ1n) is 8.14. The average molecular weight is 308 g/mol. The van der Waals surface area contributed by atoms with Crippen molar-refractivity contribution in [1.82, 2.24) is 10.2 Å². The Bertz CT molecular complexity index is 427. The van der Waals surface area contributed by atoms with Gasteiger partial charge in [0.15, 0.2) is 0 Å². The maximum absolute atomic E-state index is 12.9. The molecule has 1 heterocycles. The Morgan fingerprint density at radius 1 is 1.19 bits per heavy atom. The first kappa shape index (κ1) is 15.3. The van der Waals surface area contributed by atoms with Gasteiger partial charge in [0.1, 0.15) is 5.82 Å². The van der Waals surface area contributed by atoms with Crippen molar-refractivity contribution < 1.29 is 4.39 Å². The molecule has 1 N–H and O–H groups in total. The molecule has 1 unspecified atom stereocenters. The predicted molar refractivity (Wildman–Crippen MR) is 87.3 cm³/mol. The van der Waals surface area contributed by atoms with Crippen molar-refractivity contribution in [2.45, 2.75) is 36.6 Å². The lowest BCUT2D eigenvalue weighted by atomic mass is 9.99. The van der Waals surface area contributed by atoms with Crippen LogP contribution in [0.4, 0.5) is 4.39 Å². The largest absolute Gasteiger partial charge is 0.316 e. The topological polar surface area (TPSA) is 15.3 Å². The molecule has 1 saturated heterocycles. The number of rotatable bonds is 7. The third-order valence-electron chi connectivity index (χ3n) is 4.42. The van der Waals surface area contributed by atoms with Crippen LogP contribution in [-0.4, -0.2) is 42.9 Å². The number of hydrogen-bond donors (Lipinski definition) is 1. The number of benzene rings is 1. The quantitative estimate of drug-likeness (QED) is 0.777. The molecule has 0 bridgehead atoms. The minimum atomic E-state index is -0.149. The molecule has 0 aromatic heterocycles. The van der Waals surface area contributed by atoms with Crippen LogP contribution in [0.2, 0.25) is 0 Å². The van der Waals surface area contributed by atoms with Crippen LogP contribution in [0, 0.1) is 11.7 Å². The fraction of sp³-hybridized carbons (Fsp3) is 0.647. The normalized spacial score (nSPS) is 22.7. The van der Waals surface area contributed by atoms with Crippen molar-refractivity contribution in [3.63, 3.8) is 0 Å². The van der Waals surface area contributed by atoms with E-state index < -0.39 is 0 Å². The van der Waals surface area contributed by atoms with Gasteiger partial charge in [0.25, 0.3) is 0 Å². The number of halogens is 1. The van der Waals surface area contributed by atoms with E-state index in [0.29, 0.717) is 0 Å². The Morgan fingerprint density at radius 2 is 2.00 bits per heavy atom. The third-order valence-corrected chi connectivity index (χ3v) is 5.41. The first-order chi connectivity index (χ1) is 10.3. The minimum absolute atomic E-state index is 0.149. The van der Waals surface area contributed by atoms with E-state index in [-0.39, 0.29) is 5.82 Å². The van der Waals surface area contributed by atoms with E-state index in [9.17, 15) is 4.39 Å². The van der Waals surface area contributed by atoms with Crippen molar-refractivity contribution in [3.8, 4) is 0 Å². The minimum Gasteiger partial charge on any atom is -0.316 e. The lowest BCUT2D eigenvalue weighted by molar-refractivity contribution is 0.210. The van der Waals surface area contributed by atoms with Crippen LogP contribution in [0.1, 0.15) is 25.7 Å². The second-order valence-electron chi connectivity index (χ2n) is 6.24. The van der Waals surface area contributed by atoms with Crippen LogP contribution in [0.25, 0.3) is 0 Å². The molecule has 116 valence electrons. The predicted octanol–water partition coefficient (Wildman–Crippen LogP) is 3.38. The second kappa shape index (κ2) is 7.61. The number of piperidine rings is 1. The number of nitrogens with zero attached hydrogens (tertiary/aromatic N) is 1. The Hall–Kier alpha value is -0.580. The zero-order valence-corrected chi connectivity index (χ0v) is 13.4. The summed E-state index contributed by atoms with van der Waals surface area (Å²) >= 11 is 1.84. The van der Waals surface area contributed by atoms with E-state index in [0.717, 1.165) is 24.3 Å². The molecule has 1 aromatic carbocycles. The van der Waals surface area contributed by atoms with Gasteiger partial charge in [-0.05, 0) is 69.0 Å². The average Bonchev–Trinajstić information content (AvgIpc) is 3.34. The summed E-state index contributed by atoms with van der Waals surface area (Å²) in [6, 6.07) is 7.70. The molecular formula is C17H25FN2S. The zero-order chi connectivity index (χ0) is 14.5. The summed E-state index contributed by atoms with van der Waals surface area (Å²) in [5.74, 6) is 1.78. The highest BCUT2D eigenvalue weighted by Crippen LogP contribution is 2.29. The van der Waals surface area contributed by atoms with Crippen LogP contribution in [0.5, 0.6) is 0 Å². The summed E-state index contributed by atoms with van der Waals surface area (Å²) < 4.78 is 12.9. The SMILES string of the molecule is Fc1ccc(SCCN(CC2CCCNC2)C2CC2)cc1. The van der Waals surface area contributed by atoms with E-state index in [1.54, 1.807) is 12.1 Å². The molecule has 0 radical (unpaired) electrons. The van der Waals surface area contributed by atoms with E-state index in [4.69, 9.17) is 0 Å². The molecule has 2 nitrogen and oxygen atoms in total. The summed E-state index contributed by atoms with van der Waals surface area (Å²) in [6.07, 6.45) is 5.46. The summed E-state index contributed by atoms with van der Waals surface area (Å²) in [5, 5.41) is 3.52. The maximum atomic E-state index is 12.9. The molecule has 4 heteroatoms. The molecule has 0 spiro atoms. The molecule has 2 fully saturated rings. The summed E-state index contributed by atoms with van der Waals surface area (Å²) in [4.78, 5) is 3.86. The van der Waals surface area contributed by atoms with Gasteiger partial charge in [0.05, 0.1) is 0 Å². The van der Waals surface area contributed by atoms with Gasteiger partial charge in [0, 0.05) is 29.8 Å². The number of hydrogen-bond acceptors (Lipinski definition) is 3. The van der Waals surface area contributed by atoms with Gasteiger partial charge >= 0.3 is 0 Å². The van der Waals surface area contributed by atoms with Crippen molar-refractivity contribution in [1.29, 1.82) is 0 Å². The molecule has 21 heavy (non-hydrogen) atoms. The molecule has 1 saturated carbocycles. The number of nitrogens with one attached hydrogen (secondary N) is 1. The Kier molecular flexibility index (Phi) is 5.55. The van der Waals surface area contributed by atoms with Gasteiger partial charge in [-0.3, -0.25) is 4.90 Å². The van der Waals surface area contributed by atoms with Crippen LogP contribution < -0.4 is 5.32 Å². The van der Waals surface area contributed by atoms with Crippen LogP contribution >= 0.6 is 11.8 Å². The fourth-order valence-electron chi connectivity index (χ4n) is 3.09. The van der Waals surface area contributed by atoms with Gasteiger partial charge < -0.3 is 5.32 Å². The van der Waals surface area contributed by atoms with Crippen molar-refractivity contribution in [2.75, 3.05) is 31.9 Å². The van der Waals surface area contributed by atoms with Crippen LogP contribution in [0.15, 0.2) is 29.2 Å². The second-order valence-corrected chi connectivity index (χ2v) is 7.41. The summed E-state index contributed by atoms with van der Waals surface area (Å²) in [5.41, 5.74) is 0. The van der Waals surface area contributed by atoms with Gasteiger partial charge in [-0.15, -0.1) is 11.8 Å².